The Morgan fingerprint density at radius 1 is 0.828 bits per heavy atom. The topological polar surface area (TPSA) is 43.9 Å². The fraction of sp³-hybridized carbons (Fsp3) is 0.304. The van der Waals surface area contributed by atoms with E-state index in [0.29, 0.717) is 35.6 Å². The second kappa shape index (κ2) is 7.44. The van der Waals surface area contributed by atoms with Crippen LogP contribution in [0.25, 0.3) is 5.57 Å². The molecule has 6 heteroatoms. The smallest absolute Gasteiger partial charge is 0.282 e. The highest BCUT2D eigenvalue weighted by atomic mass is 19.1. The first kappa shape index (κ1) is 19.3. The van der Waals surface area contributed by atoms with Crippen molar-refractivity contribution in [3.05, 3.63) is 70.7 Å². The van der Waals surface area contributed by atoms with E-state index in [-0.39, 0.29) is 17.6 Å². The van der Waals surface area contributed by atoms with Crippen LogP contribution in [0.1, 0.15) is 16.7 Å². The van der Waals surface area contributed by atoms with Crippen LogP contribution >= 0.6 is 0 Å². The lowest BCUT2D eigenvalue weighted by atomic mass is 10.0. The second-order valence-electron chi connectivity index (χ2n) is 7.81. The molecule has 0 N–H and O–H groups in total. The Hall–Kier alpha value is -2.99. The highest BCUT2D eigenvalue weighted by molar-refractivity contribution is 6.45. The van der Waals surface area contributed by atoms with Crippen molar-refractivity contribution >= 4 is 23.1 Å². The average molecular weight is 393 g/mol. The number of hydrogen-bond donors (Lipinski definition) is 0. The van der Waals surface area contributed by atoms with E-state index >= 15 is 0 Å². The van der Waals surface area contributed by atoms with Gasteiger partial charge in [0.1, 0.15) is 11.5 Å². The first-order valence-corrected chi connectivity index (χ1v) is 9.76. The van der Waals surface area contributed by atoms with Crippen LogP contribution in [0.5, 0.6) is 0 Å². The quantitative estimate of drug-likeness (QED) is 0.752. The minimum absolute atomic E-state index is 0.316. The number of likely N-dealkylation sites (N-methyl/N-ethyl adjacent to an activating group) is 1. The Kier molecular flexibility index (Phi) is 4.96. The summed E-state index contributed by atoms with van der Waals surface area (Å²) >= 11 is 0. The summed E-state index contributed by atoms with van der Waals surface area (Å²) in [6.45, 7) is 6.83. The predicted octanol–water partition coefficient (Wildman–Crippen LogP) is 2.97. The van der Waals surface area contributed by atoms with Crippen LogP contribution in [0.3, 0.4) is 0 Å². The molecule has 4 rings (SSSR count). The largest absolute Gasteiger partial charge is 0.364 e. The summed E-state index contributed by atoms with van der Waals surface area (Å²) in [5.41, 5.74) is 3.85. The molecule has 0 unspecified atom stereocenters. The van der Waals surface area contributed by atoms with Crippen LogP contribution in [0, 0.1) is 19.7 Å². The molecule has 5 nitrogen and oxygen atoms in total. The van der Waals surface area contributed by atoms with Gasteiger partial charge >= 0.3 is 0 Å². The van der Waals surface area contributed by atoms with Gasteiger partial charge in [0.05, 0.1) is 11.3 Å². The lowest BCUT2D eigenvalue weighted by molar-refractivity contribution is -0.120. The molecule has 0 bridgehead atoms. The van der Waals surface area contributed by atoms with Crippen molar-refractivity contribution in [2.45, 2.75) is 13.8 Å². The molecule has 0 aromatic heterocycles. The van der Waals surface area contributed by atoms with Gasteiger partial charge in [0, 0.05) is 26.2 Å². The molecule has 1 saturated heterocycles. The van der Waals surface area contributed by atoms with Crippen molar-refractivity contribution in [3.63, 3.8) is 0 Å². The molecule has 1 fully saturated rings. The Bertz CT molecular complexity index is 985. The Morgan fingerprint density at radius 3 is 2.00 bits per heavy atom. The lowest BCUT2D eigenvalue weighted by Gasteiger charge is -2.34. The van der Waals surface area contributed by atoms with Crippen molar-refractivity contribution in [2.75, 3.05) is 38.1 Å². The summed E-state index contributed by atoms with van der Waals surface area (Å²) in [5.74, 6) is -1.05. The van der Waals surface area contributed by atoms with Crippen molar-refractivity contribution < 1.29 is 14.0 Å². The summed E-state index contributed by atoms with van der Waals surface area (Å²) in [6, 6.07) is 11.5. The molecule has 0 atom stereocenters. The van der Waals surface area contributed by atoms with Crippen molar-refractivity contribution in [2.24, 2.45) is 0 Å². The van der Waals surface area contributed by atoms with Gasteiger partial charge < -0.3 is 9.80 Å². The molecule has 2 aliphatic rings. The maximum atomic E-state index is 13.5. The number of benzene rings is 2. The van der Waals surface area contributed by atoms with Gasteiger partial charge in [-0.15, -0.1) is 0 Å². The minimum Gasteiger partial charge on any atom is -0.364 e. The van der Waals surface area contributed by atoms with Gasteiger partial charge in [0.15, 0.2) is 0 Å². The summed E-state index contributed by atoms with van der Waals surface area (Å²) < 4.78 is 13.5. The van der Waals surface area contributed by atoms with Crippen molar-refractivity contribution in [1.82, 2.24) is 9.80 Å². The third-order valence-electron chi connectivity index (χ3n) is 5.48. The molecule has 150 valence electrons. The van der Waals surface area contributed by atoms with E-state index in [4.69, 9.17) is 0 Å². The number of aryl methyl sites for hydroxylation is 2. The zero-order chi connectivity index (χ0) is 20.7. The van der Waals surface area contributed by atoms with Crippen LogP contribution in [0.15, 0.2) is 48.2 Å². The molecule has 2 heterocycles. The van der Waals surface area contributed by atoms with Gasteiger partial charge in [0.25, 0.3) is 11.8 Å². The maximum absolute atomic E-state index is 13.5. The van der Waals surface area contributed by atoms with Gasteiger partial charge in [0.2, 0.25) is 0 Å². The zero-order valence-electron chi connectivity index (χ0n) is 16.9. The molecule has 0 radical (unpaired) electrons. The minimum atomic E-state index is -0.376. The Morgan fingerprint density at radius 2 is 1.41 bits per heavy atom. The van der Waals surface area contributed by atoms with E-state index in [9.17, 15) is 14.0 Å². The van der Waals surface area contributed by atoms with Crippen LogP contribution in [0.2, 0.25) is 0 Å². The molecular weight excluding hydrogens is 369 g/mol. The van der Waals surface area contributed by atoms with Crippen molar-refractivity contribution in [3.8, 4) is 0 Å². The van der Waals surface area contributed by atoms with Crippen LogP contribution in [0.4, 0.5) is 10.1 Å². The van der Waals surface area contributed by atoms with Gasteiger partial charge in [-0.1, -0.05) is 18.2 Å². The maximum Gasteiger partial charge on any atom is 0.282 e. The summed E-state index contributed by atoms with van der Waals surface area (Å²) in [5, 5.41) is 0. The Balaban J connectivity index is 1.82. The van der Waals surface area contributed by atoms with E-state index in [2.05, 4.69) is 4.90 Å². The SMILES string of the molecule is Cc1cc(C)cc(N2C(=O)C(c3ccc(F)cc3)=C(N3CCN(C)CC3)C2=O)c1. The number of anilines is 1. The molecule has 0 saturated carbocycles. The molecule has 2 amide bonds. The summed E-state index contributed by atoms with van der Waals surface area (Å²) in [4.78, 5) is 32.4. The fourth-order valence-corrected chi connectivity index (χ4v) is 4.03. The number of piperazine rings is 1. The monoisotopic (exact) mass is 393 g/mol. The van der Waals surface area contributed by atoms with Crippen LogP contribution < -0.4 is 4.90 Å². The second-order valence-corrected chi connectivity index (χ2v) is 7.81. The standard InChI is InChI=1S/C23H24FN3O2/c1-15-12-16(2)14-19(13-15)27-22(28)20(17-4-6-18(24)7-5-17)21(23(27)29)26-10-8-25(3)9-11-26/h4-7,12-14H,8-11H2,1-3H3. The summed E-state index contributed by atoms with van der Waals surface area (Å²) in [6.07, 6.45) is 0. The first-order valence-electron chi connectivity index (χ1n) is 9.76. The molecule has 0 spiro atoms. The van der Waals surface area contributed by atoms with E-state index in [1.54, 1.807) is 12.1 Å². The molecule has 2 aromatic carbocycles. The van der Waals surface area contributed by atoms with Gasteiger partial charge in [-0.25, -0.2) is 9.29 Å². The first-order chi connectivity index (χ1) is 13.8. The third kappa shape index (κ3) is 3.56. The third-order valence-corrected chi connectivity index (χ3v) is 5.48. The number of carbonyl (C=O) groups is 2. The molecule has 2 aromatic rings. The van der Waals surface area contributed by atoms with E-state index in [0.717, 1.165) is 24.2 Å². The number of rotatable bonds is 3. The van der Waals surface area contributed by atoms with Crippen LogP contribution in [-0.2, 0) is 9.59 Å². The van der Waals surface area contributed by atoms with Crippen molar-refractivity contribution in [1.29, 1.82) is 0 Å². The normalized spacial score (nSPS) is 18.2. The zero-order valence-corrected chi connectivity index (χ0v) is 16.9. The molecule has 29 heavy (non-hydrogen) atoms. The predicted molar refractivity (Wildman–Crippen MR) is 111 cm³/mol. The molecule has 0 aliphatic carbocycles. The van der Waals surface area contributed by atoms with E-state index in [1.807, 2.05) is 44.0 Å². The number of nitrogens with zero attached hydrogens (tertiary/aromatic N) is 3. The highest BCUT2D eigenvalue weighted by Gasteiger charge is 2.43. The van der Waals surface area contributed by atoms with E-state index in [1.165, 1.54) is 17.0 Å². The van der Waals surface area contributed by atoms with E-state index < -0.39 is 0 Å². The number of imide groups is 1. The van der Waals surface area contributed by atoms with Gasteiger partial charge in [-0.3, -0.25) is 9.59 Å². The number of halogens is 1. The Labute approximate surface area is 170 Å². The average Bonchev–Trinajstić information content (AvgIpc) is 2.93. The summed E-state index contributed by atoms with van der Waals surface area (Å²) in [7, 11) is 2.04. The molecular formula is C23H24FN3O2. The van der Waals surface area contributed by atoms with Gasteiger partial charge in [-0.05, 0) is 61.9 Å². The fourth-order valence-electron chi connectivity index (χ4n) is 4.03. The highest BCUT2D eigenvalue weighted by Crippen LogP contribution is 2.35. The lowest BCUT2D eigenvalue weighted by Crippen LogP contribution is -2.46. The number of hydrogen-bond acceptors (Lipinski definition) is 4. The molecule has 2 aliphatic heterocycles. The number of carbonyl (C=O) groups excluding carboxylic acids is 2. The van der Waals surface area contributed by atoms with Gasteiger partial charge in [-0.2, -0.15) is 0 Å². The number of amides is 2. The van der Waals surface area contributed by atoms with Crippen LogP contribution in [-0.4, -0.2) is 54.8 Å².